The van der Waals surface area contributed by atoms with E-state index in [1.807, 2.05) is 36.4 Å². The fraction of sp³-hybridized carbons (Fsp3) is 0.0769. The predicted molar refractivity (Wildman–Crippen MR) is 123 cm³/mol. The second-order valence-electron chi connectivity index (χ2n) is 7.16. The van der Waals surface area contributed by atoms with Crippen LogP contribution in [0.4, 0.5) is 0 Å². The third kappa shape index (κ3) is 4.87. The Morgan fingerprint density at radius 3 is 1.31 bits per heavy atom. The standard InChI is InChI=1S/C26H20N2O4/c1-17(29)19-3-7-21(8-4-19)25-13-11-23(31-25)15-27-28-16-24-12-14-26(32-24)22-9-5-20(6-10-22)18(2)30/h3-16H,1-2H3/b27-15+,28-16+. The van der Waals surface area contributed by atoms with Crippen molar-refractivity contribution in [3.63, 3.8) is 0 Å². The minimum absolute atomic E-state index is 0.0243. The van der Waals surface area contributed by atoms with Gasteiger partial charge in [0.25, 0.3) is 0 Å². The molecule has 0 atom stereocenters. The van der Waals surface area contributed by atoms with Crippen LogP contribution in [-0.2, 0) is 0 Å². The lowest BCUT2D eigenvalue weighted by Crippen LogP contribution is -1.90. The molecule has 0 unspecified atom stereocenters. The van der Waals surface area contributed by atoms with E-state index >= 15 is 0 Å². The smallest absolute Gasteiger partial charge is 0.159 e. The number of ketones is 2. The highest BCUT2D eigenvalue weighted by Crippen LogP contribution is 2.23. The van der Waals surface area contributed by atoms with Gasteiger partial charge in [-0.15, -0.1) is 0 Å². The molecule has 2 aromatic heterocycles. The molecule has 4 rings (SSSR count). The van der Waals surface area contributed by atoms with Crippen LogP contribution in [0, 0.1) is 0 Å². The zero-order chi connectivity index (χ0) is 22.5. The maximum atomic E-state index is 11.4. The monoisotopic (exact) mass is 424 g/mol. The molecule has 6 heteroatoms. The summed E-state index contributed by atoms with van der Waals surface area (Å²) in [7, 11) is 0. The Hall–Kier alpha value is -4.32. The van der Waals surface area contributed by atoms with Crippen molar-refractivity contribution >= 4 is 24.0 Å². The topological polar surface area (TPSA) is 85.1 Å². The second kappa shape index (κ2) is 9.22. The van der Waals surface area contributed by atoms with Crippen LogP contribution in [0.5, 0.6) is 0 Å². The molecule has 0 fully saturated rings. The van der Waals surface area contributed by atoms with E-state index < -0.39 is 0 Å². The number of hydrogen-bond donors (Lipinski definition) is 0. The van der Waals surface area contributed by atoms with Gasteiger partial charge in [-0.2, -0.15) is 10.2 Å². The van der Waals surface area contributed by atoms with Crippen molar-refractivity contribution in [3.8, 4) is 22.6 Å². The fourth-order valence-corrected chi connectivity index (χ4v) is 3.07. The number of Topliss-reactive ketones (excluding diaryl/α,β-unsaturated/α-hetero) is 2. The first-order valence-corrected chi connectivity index (χ1v) is 9.98. The van der Waals surface area contributed by atoms with E-state index in [0.29, 0.717) is 34.2 Å². The van der Waals surface area contributed by atoms with Gasteiger partial charge >= 0.3 is 0 Å². The van der Waals surface area contributed by atoms with E-state index in [0.717, 1.165) is 11.1 Å². The van der Waals surface area contributed by atoms with Crippen molar-refractivity contribution < 1.29 is 18.4 Å². The lowest BCUT2D eigenvalue weighted by atomic mass is 10.1. The highest BCUT2D eigenvalue weighted by atomic mass is 16.3. The van der Waals surface area contributed by atoms with E-state index in [4.69, 9.17) is 8.83 Å². The average Bonchev–Trinajstić information content (AvgIpc) is 3.47. The molecule has 0 aliphatic heterocycles. The van der Waals surface area contributed by atoms with E-state index in [1.54, 1.807) is 36.4 Å². The molecule has 158 valence electrons. The summed E-state index contributed by atoms with van der Waals surface area (Å²) in [4.78, 5) is 22.8. The first kappa shape index (κ1) is 20.9. The van der Waals surface area contributed by atoms with E-state index in [9.17, 15) is 9.59 Å². The van der Waals surface area contributed by atoms with Crippen molar-refractivity contribution in [1.29, 1.82) is 0 Å². The predicted octanol–water partition coefficient (Wildman–Crippen LogP) is 6.06. The Bertz CT molecular complexity index is 1200. The van der Waals surface area contributed by atoms with Crippen molar-refractivity contribution in [2.45, 2.75) is 13.8 Å². The van der Waals surface area contributed by atoms with Crippen LogP contribution in [0.2, 0.25) is 0 Å². The summed E-state index contributed by atoms with van der Waals surface area (Å²) in [5, 5.41) is 8.01. The van der Waals surface area contributed by atoms with E-state index in [2.05, 4.69) is 10.2 Å². The molecule has 0 aliphatic rings. The number of benzene rings is 2. The molecule has 0 amide bonds. The van der Waals surface area contributed by atoms with Gasteiger partial charge in [0, 0.05) is 22.3 Å². The SMILES string of the molecule is CC(=O)c1ccc(-c2ccc(/C=N/N=C/c3ccc(-c4ccc(C(C)=O)cc4)o3)o2)cc1. The number of carbonyl (C=O) groups is 2. The number of nitrogens with zero attached hydrogens (tertiary/aromatic N) is 2. The van der Waals surface area contributed by atoms with E-state index in [-0.39, 0.29) is 11.6 Å². The third-order valence-electron chi connectivity index (χ3n) is 4.84. The molecular formula is C26H20N2O4. The molecule has 0 aliphatic carbocycles. The van der Waals surface area contributed by atoms with Crippen LogP contribution in [0.1, 0.15) is 46.1 Å². The Morgan fingerprint density at radius 1 is 0.594 bits per heavy atom. The summed E-state index contributed by atoms with van der Waals surface area (Å²) in [6.45, 7) is 3.07. The van der Waals surface area contributed by atoms with Crippen molar-refractivity contribution in [2.24, 2.45) is 10.2 Å². The molecule has 0 saturated carbocycles. The largest absolute Gasteiger partial charge is 0.455 e. The Labute approximate surface area is 184 Å². The molecule has 0 saturated heterocycles. The molecular weight excluding hydrogens is 404 g/mol. The van der Waals surface area contributed by atoms with Crippen LogP contribution < -0.4 is 0 Å². The molecule has 0 N–H and O–H groups in total. The molecule has 4 aromatic rings. The normalized spacial score (nSPS) is 11.4. The summed E-state index contributed by atoms with van der Waals surface area (Å²) >= 11 is 0. The van der Waals surface area contributed by atoms with Gasteiger partial charge in [0.15, 0.2) is 11.6 Å². The van der Waals surface area contributed by atoms with Gasteiger partial charge in [-0.3, -0.25) is 9.59 Å². The highest BCUT2D eigenvalue weighted by molar-refractivity contribution is 5.95. The Morgan fingerprint density at radius 2 is 0.969 bits per heavy atom. The quantitative estimate of drug-likeness (QED) is 0.205. The summed E-state index contributed by atoms with van der Waals surface area (Å²) < 4.78 is 11.5. The minimum Gasteiger partial charge on any atom is -0.455 e. The molecule has 0 spiro atoms. The number of hydrogen-bond acceptors (Lipinski definition) is 6. The molecule has 2 aromatic carbocycles. The van der Waals surface area contributed by atoms with Gasteiger partial charge in [0.2, 0.25) is 0 Å². The van der Waals surface area contributed by atoms with Gasteiger partial charge in [-0.05, 0) is 38.1 Å². The van der Waals surface area contributed by atoms with Crippen molar-refractivity contribution in [1.82, 2.24) is 0 Å². The summed E-state index contributed by atoms with van der Waals surface area (Å²) in [5.41, 5.74) is 3.06. The van der Waals surface area contributed by atoms with E-state index in [1.165, 1.54) is 26.3 Å². The summed E-state index contributed by atoms with van der Waals surface area (Å²) in [6.07, 6.45) is 3.02. The molecule has 0 radical (unpaired) electrons. The van der Waals surface area contributed by atoms with Crippen molar-refractivity contribution in [3.05, 3.63) is 95.4 Å². The lowest BCUT2D eigenvalue weighted by Gasteiger charge is -1.98. The maximum absolute atomic E-state index is 11.4. The van der Waals surface area contributed by atoms with Crippen LogP contribution in [0.25, 0.3) is 22.6 Å². The van der Waals surface area contributed by atoms with Gasteiger partial charge in [-0.1, -0.05) is 48.5 Å². The van der Waals surface area contributed by atoms with Gasteiger partial charge in [0.1, 0.15) is 23.0 Å². The van der Waals surface area contributed by atoms with Crippen LogP contribution in [0.15, 0.2) is 91.8 Å². The van der Waals surface area contributed by atoms with Crippen molar-refractivity contribution in [2.75, 3.05) is 0 Å². The zero-order valence-corrected chi connectivity index (χ0v) is 17.6. The second-order valence-corrected chi connectivity index (χ2v) is 7.16. The van der Waals surface area contributed by atoms with Crippen LogP contribution in [-0.4, -0.2) is 24.0 Å². The number of furan rings is 2. The number of carbonyl (C=O) groups excluding carboxylic acids is 2. The van der Waals surface area contributed by atoms with Gasteiger partial charge in [0.05, 0.1) is 12.4 Å². The molecule has 32 heavy (non-hydrogen) atoms. The van der Waals surface area contributed by atoms with Crippen LogP contribution >= 0.6 is 0 Å². The van der Waals surface area contributed by atoms with Gasteiger partial charge < -0.3 is 8.83 Å². The number of rotatable bonds is 7. The summed E-state index contributed by atoms with van der Waals surface area (Å²) in [6, 6.07) is 21.7. The zero-order valence-electron chi connectivity index (χ0n) is 17.6. The first-order chi connectivity index (χ1) is 15.5. The molecule has 0 bridgehead atoms. The van der Waals surface area contributed by atoms with Crippen LogP contribution in [0.3, 0.4) is 0 Å². The molecule has 6 nitrogen and oxygen atoms in total. The minimum atomic E-state index is 0.0243. The lowest BCUT2D eigenvalue weighted by molar-refractivity contribution is 0.100. The summed E-state index contributed by atoms with van der Waals surface area (Å²) in [5.74, 6) is 2.51. The maximum Gasteiger partial charge on any atom is 0.159 e. The highest BCUT2D eigenvalue weighted by Gasteiger charge is 2.06. The third-order valence-corrected chi connectivity index (χ3v) is 4.84. The Kier molecular flexibility index (Phi) is 6.03. The fourth-order valence-electron chi connectivity index (χ4n) is 3.07. The first-order valence-electron chi connectivity index (χ1n) is 9.98. The average molecular weight is 424 g/mol. The Balaban J connectivity index is 1.39. The van der Waals surface area contributed by atoms with Gasteiger partial charge in [-0.25, -0.2) is 0 Å². The molecule has 2 heterocycles.